The van der Waals surface area contributed by atoms with Crippen molar-refractivity contribution in [2.45, 2.75) is 51.0 Å². The van der Waals surface area contributed by atoms with Crippen LogP contribution >= 0.6 is 0 Å². The lowest BCUT2D eigenvalue weighted by Gasteiger charge is -2.27. The molecule has 0 spiro atoms. The van der Waals surface area contributed by atoms with Crippen LogP contribution in [0.1, 0.15) is 44.9 Å². The largest absolute Gasteiger partial charge is 0.354 e. The summed E-state index contributed by atoms with van der Waals surface area (Å²) in [4.78, 5) is 19.6. The summed E-state index contributed by atoms with van der Waals surface area (Å²) in [5.74, 6) is 1.16. The van der Waals surface area contributed by atoms with Crippen LogP contribution in [-0.4, -0.2) is 34.5 Å². The molecule has 5 nitrogen and oxygen atoms in total. The quantitative estimate of drug-likeness (QED) is 0.652. The Morgan fingerprint density at radius 2 is 2.47 bits per heavy atom. The lowest BCUT2D eigenvalue weighted by Crippen LogP contribution is -2.53. The third kappa shape index (κ3) is 3.56. The van der Waals surface area contributed by atoms with Crippen LogP contribution in [0.15, 0.2) is 12.4 Å². The van der Waals surface area contributed by atoms with Gasteiger partial charge >= 0.3 is 0 Å². The third-order valence-corrected chi connectivity index (χ3v) is 3.79. The summed E-state index contributed by atoms with van der Waals surface area (Å²) in [6, 6.07) is 0. The van der Waals surface area contributed by atoms with E-state index >= 15 is 0 Å². The predicted octanol–water partition coefficient (Wildman–Crippen LogP) is 1.38. The molecule has 1 aromatic heterocycles. The van der Waals surface area contributed by atoms with Crippen LogP contribution < -0.4 is 10.6 Å². The molecule has 2 heterocycles. The summed E-state index contributed by atoms with van der Waals surface area (Å²) in [6.07, 6.45) is 9.40. The van der Waals surface area contributed by atoms with Gasteiger partial charge in [-0.1, -0.05) is 13.3 Å². The molecule has 1 fully saturated rings. The van der Waals surface area contributed by atoms with Gasteiger partial charge in [0.05, 0.1) is 5.54 Å². The molecule has 1 aliphatic rings. The molecule has 1 amide bonds. The van der Waals surface area contributed by atoms with Crippen LogP contribution in [0.4, 0.5) is 0 Å². The van der Waals surface area contributed by atoms with Crippen LogP contribution in [0.25, 0.3) is 0 Å². The van der Waals surface area contributed by atoms with E-state index < -0.39 is 0 Å². The first kappa shape index (κ1) is 14.1. The van der Waals surface area contributed by atoms with Gasteiger partial charge in [-0.05, 0) is 32.2 Å². The second-order valence-corrected chi connectivity index (χ2v) is 5.26. The number of H-pyrrole nitrogens is 1. The van der Waals surface area contributed by atoms with E-state index in [1.54, 1.807) is 6.20 Å². The smallest absolute Gasteiger partial charge is 0.240 e. The number of nitrogens with zero attached hydrogens (tertiary/aromatic N) is 1. The zero-order valence-corrected chi connectivity index (χ0v) is 11.7. The Balaban J connectivity index is 1.73. The summed E-state index contributed by atoms with van der Waals surface area (Å²) in [6.45, 7) is 3.80. The Bertz CT molecular complexity index is 382. The van der Waals surface area contributed by atoms with Crippen molar-refractivity contribution < 1.29 is 4.79 Å². The zero-order valence-electron chi connectivity index (χ0n) is 11.7. The molecule has 0 aliphatic carbocycles. The van der Waals surface area contributed by atoms with E-state index in [2.05, 4.69) is 27.5 Å². The van der Waals surface area contributed by atoms with Crippen molar-refractivity contribution in [3.05, 3.63) is 18.2 Å². The lowest BCUT2D eigenvalue weighted by molar-refractivity contribution is -0.127. The second kappa shape index (κ2) is 6.70. The van der Waals surface area contributed by atoms with Crippen molar-refractivity contribution in [3.8, 4) is 0 Å². The van der Waals surface area contributed by atoms with Crippen LogP contribution in [0, 0.1) is 0 Å². The normalized spacial score (nSPS) is 22.6. The highest BCUT2D eigenvalue weighted by Gasteiger charge is 2.39. The molecule has 0 bridgehead atoms. The highest BCUT2D eigenvalue weighted by atomic mass is 16.2. The third-order valence-electron chi connectivity index (χ3n) is 3.79. The summed E-state index contributed by atoms with van der Waals surface area (Å²) < 4.78 is 0. The van der Waals surface area contributed by atoms with Crippen LogP contribution in [0.3, 0.4) is 0 Å². The van der Waals surface area contributed by atoms with Gasteiger partial charge in [-0.2, -0.15) is 0 Å². The minimum atomic E-state index is -0.306. The Kier molecular flexibility index (Phi) is 4.96. The molecular formula is C14H24N4O. The molecule has 1 unspecified atom stereocenters. The van der Waals surface area contributed by atoms with Gasteiger partial charge in [-0.25, -0.2) is 4.98 Å². The van der Waals surface area contributed by atoms with Crippen LogP contribution in [-0.2, 0) is 11.2 Å². The lowest BCUT2D eigenvalue weighted by atomic mass is 9.91. The van der Waals surface area contributed by atoms with E-state index in [0.29, 0.717) is 6.54 Å². The fourth-order valence-electron chi connectivity index (χ4n) is 2.82. The number of hydrogen-bond donors (Lipinski definition) is 3. The topological polar surface area (TPSA) is 69.8 Å². The highest BCUT2D eigenvalue weighted by Crippen LogP contribution is 2.24. The molecule has 1 aliphatic heterocycles. The number of rotatable bonds is 7. The Morgan fingerprint density at radius 1 is 1.58 bits per heavy atom. The van der Waals surface area contributed by atoms with E-state index in [-0.39, 0.29) is 11.4 Å². The first-order chi connectivity index (χ1) is 9.27. The van der Waals surface area contributed by atoms with Gasteiger partial charge in [-0.15, -0.1) is 0 Å². The number of carbonyl (C=O) groups is 1. The maximum Gasteiger partial charge on any atom is 0.240 e. The molecule has 0 radical (unpaired) electrons. The Labute approximate surface area is 114 Å². The number of imidazole rings is 1. The monoisotopic (exact) mass is 264 g/mol. The average molecular weight is 264 g/mol. The molecule has 0 saturated carbocycles. The van der Waals surface area contributed by atoms with Gasteiger partial charge in [0, 0.05) is 25.4 Å². The number of aromatic nitrogens is 2. The summed E-state index contributed by atoms with van der Waals surface area (Å²) >= 11 is 0. The molecule has 3 N–H and O–H groups in total. The average Bonchev–Trinajstić information content (AvgIpc) is 3.06. The fraction of sp³-hybridized carbons (Fsp3) is 0.714. The number of nitrogens with one attached hydrogen (secondary N) is 3. The van der Waals surface area contributed by atoms with Gasteiger partial charge in [-0.3, -0.25) is 4.79 Å². The Morgan fingerprint density at radius 3 is 3.11 bits per heavy atom. The van der Waals surface area contributed by atoms with E-state index in [9.17, 15) is 4.79 Å². The molecule has 106 valence electrons. The Hall–Kier alpha value is -1.36. The van der Waals surface area contributed by atoms with Crippen LogP contribution in [0.5, 0.6) is 0 Å². The standard InChI is InChI=1S/C14H24N4O/c1-2-6-14(7-4-9-18-14)13(19)17-8-3-5-12-15-10-11-16-12/h10-11,18H,2-9H2,1H3,(H,15,16)(H,17,19). The molecule has 1 aromatic rings. The predicted molar refractivity (Wildman–Crippen MR) is 74.8 cm³/mol. The number of aromatic amines is 1. The summed E-state index contributed by atoms with van der Waals surface area (Å²) in [5, 5.41) is 6.46. The van der Waals surface area contributed by atoms with Crippen molar-refractivity contribution in [1.82, 2.24) is 20.6 Å². The maximum absolute atomic E-state index is 12.3. The van der Waals surface area contributed by atoms with E-state index in [4.69, 9.17) is 0 Å². The van der Waals surface area contributed by atoms with Gasteiger partial charge < -0.3 is 15.6 Å². The highest BCUT2D eigenvalue weighted by molar-refractivity contribution is 5.86. The van der Waals surface area contributed by atoms with Crippen molar-refractivity contribution in [2.24, 2.45) is 0 Å². The van der Waals surface area contributed by atoms with Crippen molar-refractivity contribution in [2.75, 3.05) is 13.1 Å². The molecule has 1 saturated heterocycles. The molecule has 5 heteroatoms. The van der Waals surface area contributed by atoms with Gasteiger partial charge in [0.2, 0.25) is 5.91 Å². The van der Waals surface area contributed by atoms with Crippen LogP contribution in [0.2, 0.25) is 0 Å². The number of hydrogen-bond acceptors (Lipinski definition) is 3. The second-order valence-electron chi connectivity index (χ2n) is 5.26. The number of aryl methyl sites for hydroxylation is 1. The molecule has 0 aromatic carbocycles. The molecule has 19 heavy (non-hydrogen) atoms. The molecule has 1 atom stereocenters. The molecule has 2 rings (SSSR count). The first-order valence-corrected chi connectivity index (χ1v) is 7.28. The minimum Gasteiger partial charge on any atom is -0.354 e. The van der Waals surface area contributed by atoms with Gasteiger partial charge in [0.1, 0.15) is 5.82 Å². The van der Waals surface area contributed by atoms with Gasteiger partial charge in [0.15, 0.2) is 0 Å². The summed E-state index contributed by atoms with van der Waals surface area (Å²) in [7, 11) is 0. The van der Waals surface area contributed by atoms with Crippen molar-refractivity contribution >= 4 is 5.91 Å². The fourth-order valence-corrected chi connectivity index (χ4v) is 2.82. The first-order valence-electron chi connectivity index (χ1n) is 7.28. The zero-order chi connectivity index (χ0) is 13.6. The SMILES string of the molecule is CCCC1(C(=O)NCCCc2ncc[nH]2)CCCN1. The van der Waals surface area contributed by atoms with E-state index in [1.807, 2.05) is 6.20 Å². The minimum absolute atomic E-state index is 0.172. The van der Waals surface area contributed by atoms with Crippen molar-refractivity contribution in [1.29, 1.82) is 0 Å². The van der Waals surface area contributed by atoms with Crippen molar-refractivity contribution in [3.63, 3.8) is 0 Å². The van der Waals surface area contributed by atoms with E-state index in [1.165, 1.54) is 0 Å². The number of amides is 1. The number of carbonyl (C=O) groups excluding carboxylic acids is 1. The maximum atomic E-state index is 12.3. The molecular weight excluding hydrogens is 240 g/mol. The summed E-state index contributed by atoms with van der Waals surface area (Å²) in [5.41, 5.74) is -0.306. The van der Waals surface area contributed by atoms with E-state index in [0.717, 1.165) is 50.9 Å². The van der Waals surface area contributed by atoms with Gasteiger partial charge in [0.25, 0.3) is 0 Å².